The van der Waals surface area contributed by atoms with Crippen LogP contribution in [0.2, 0.25) is 0 Å². The first-order chi connectivity index (χ1) is 9.36. The van der Waals surface area contributed by atoms with E-state index in [2.05, 4.69) is 47.3 Å². The lowest BCUT2D eigenvalue weighted by Gasteiger charge is -2.30. The maximum Gasteiger partial charge on any atom is 0.0456 e. The molecule has 2 heteroatoms. The third kappa shape index (κ3) is 2.84. The second-order valence-electron chi connectivity index (χ2n) is 5.78. The lowest BCUT2D eigenvalue weighted by molar-refractivity contribution is 0.187. The van der Waals surface area contributed by atoms with Gasteiger partial charge in [-0.2, -0.15) is 0 Å². The molecule has 2 heterocycles. The van der Waals surface area contributed by atoms with Gasteiger partial charge in [0, 0.05) is 17.1 Å². The number of nitrogens with zero attached hydrogens (tertiary/aromatic N) is 1. The molecule has 3 rings (SSSR count). The first-order valence-electron chi connectivity index (χ1n) is 7.64. The molecule has 0 spiro atoms. The summed E-state index contributed by atoms with van der Waals surface area (Å²) >= 11 is 0. The number of H-pyrrole nitrogens is 1. The zero-order chi connectivity index (χ0) is 13.1. The second-order valence-corrected chi connectivity index (χ2v) is 5.78. The third-order valence-corrected chi connectivity index (χ3v) is 4.65. The Morgan fingerprint density at radius 2 is 2.00 bits per heavy atom. The maximum atomic E-state index is 3.38. The van der Waals surface area contributed by atoms with Crippen LogP contribution in [0.15, 0.2) is 30.5 Å². The van der Waals surface area contributed by atoms with Crippen LogP contribution in [0.3, 0.4) is 0 Å². The van der Waals surface area contributed by atoms with Crippen LogP contribution in [-0.4, -0.2) is 29.5 Å². The van der Waals surface area contributed by atoms with E-state index >= 15 is 0 Å². The molecule has 1 fully saturated rings. The Morgan fingerprint density at radius 3 is 2.79 bits per heavy atom. The highest BCUT2D eigenvalue weighted by atomic mass is 15.1. The van der Waals surface area contributed by atoms with E-state index in [0.717, 1.165) is 5.92 Å². The first kappa shape index (κ1) is 12.7. The molecule has 0 unspecified atom stereocenters. The molecule has 2 aromatic rings. The van der Waals surface area contributed by atoms with E-state index in [1.165, 1.54) is 61.8 Å². The molecule has 1 aliphatic heterocycles. The van der Waals surface area contributed by atoms with Gasteiger partial charge < -0.3 is 9.88 Å². The van der Waals surface area contributed by atoms with Crippen molar-refractivity contribution < 1.29 is 0 Å². The normalized spacial score (nSPS) is 18.2. The Hall–Kier alpha value is -1.28. The molecule has 1 aromatic carbocycles. The molecule has 1 aromatic heterocycles. The summed E-state index contributed by atoms with van der Waals surface area (Å²) in [6.07, 6.45) is 7.54. The van der Waals surface area contributed by atoms with E-state index in [1.54, 1.807) is 0 Å². The molecule has 0 radical (unpaired) electrons. The minimum atomic E-state index is 0.927. The van der Waals surface area contributed by atoms with E-state index in [4.69, 9.17) is 0 Å². The number of hydrogen-bond donors (Lipinski definition) is 1. The van der Waals surface area contributed by atoms with Crippen molar-refractivity contribution in [1.82, 2.24) is 9.88 Å². The van der Waals surface area contributed by atoms with Crippen molar-refractivity contribution in [2.45, 2.75) is 32.6 Å². The average molecular weight is 256 g/mol. The summed E-state index contributed by atoms with van der Waals surface area (Å²) in [5, 5.41) is 1.41. The van der Waals surface area contributed by atoms with Gasteiger partial charge in [0.1, 0.15) is 0 Å². The van der Waals surface area contributed by atoms with E-state index in [1.807, 2.05) is 0 Å². The highest BCUT2D eigenvalue weighted by Gasteiger charge is 2.18. The zero-order valence-electron chi connectivity index (χ0n) is 11.9. The lowest BCUT2D eigenvalue weighted by Crippen LogP contribution is -2.33. The zero-order valence-corrected chi connectivity index (χ0v) is 11.9. The summed E-state index contributed by atoms with van der Waals surface area (Å²) in [6.45, 7) is 6.09. The molecule has 0 bridgehead atoms. The Balaban J connectivity index is 1.58. The van der Waals surface area contributed by atoms with Gasteiger partial charge in [0.25, 0.3) is 0 Å². The predicted octanol–water partition coefficient (Wildman–Crippen LogP) is 3.83. The van der Waals surface area contributed by atoms with Crippen molar-refractivity contribution >= 4 is 10.9 Å². The SMILES string of the molecule is CCN1CCC(CCc2c[nH]c3ccccc23)CC1. The van der Waals surface area contributed by atoms with Crippen LogP contribution in [0.5, 0.6) is 0 Å². The number of nitrogens with one attached hydrogen (secondary N) is 1. The summed E-state index contributed by atoms with van der Waals surface area (Å²) in [5.41, 5.74) is 2.77. The summed E-state index contributed by atoms with van der Waals surface area (Å²) in [5.74, 6) is 0.927. The number of rotatable bonds is 4. The lowest BCUT2D eigenvalue weighted by atomic mass is 9.90. The number of aromatic nitrogens is 1. The van der Waals surface area contributed by atoms with Crippen LogP contribution in [0.25, 0.3) is 10.9 Å². The van der Waals surface area contributed by atoms with Crippen LogP contribution in [-0.2, 0) is 6.42 Å². The standard InChI is InChI=1S/C17H24N2/c1-2-19-11-9-14(10-12-19)7-8-15-13-18-17-6-4-3-5-16(15)17/h3-6,13-14,18H,2,7-12H2,1H3. The molecular formula is C17H24N2. The monoisotopic (exact) mass is 256 g/mol. The van der Waals surface area contributed by atoms with Gasteiger partial charge in [-0.3, -0.25) is 0 Å². The quantitative estimate of drug-likeness (QED) is 0.880. The molecule has 0 amide bonds. The summed E-state index contributed by atoms with van der Waals surface area (Å²) in [6, 6.07) is 8.64. The summed E-state index contributed by atoms with van der Waals surface area (Å²) < 4.78 is 0. The Kier molecular flexibility index (Phi) is 3.88. The number of hydrogen-bond acceptors (Lipinski definition) is 1. The number of piperidine rings is 1. The van der Waals surface area contributed by atoms with Gasteiger partial charge in [-0.25, -0.2) is 0 Å². The fourth-order valence-corrected chi connectivity index (χ4v) is 3.29. The van der Waals surface area contributed by atoms with E-state index in [-0.39, 0.29) is 0 Å². The van der Waals surface area contributed by atoms with Crippen molar-refractivity contribution in [1.29, 1.82) is 0 Å². The summed E-state index contributed by atoms with van der Waals surface area (Å²) in [4.78, 5) is 5.96. The van der Waals surface area contributed by atoms with Crippen molar-refractivity contribution in [2.75, 3.05) is 19.6 Å². The smallest absolute Gasteiger partial charge is 0.0456 e. The molecule has 0 saturated carbocycles. The van der Waals surface area contributed by atoms with Gasteiger partial charge in [-0.1, -0.05) is 25.1 Å². The van der Waals surface area contributed by atoms with Crippen LogP contribution in [0, 0.1) is 5.92 Å². The van der Waals surface area contributed by atoms with Crippen molar-refractivity contribution in [3.05, 3.63) is 36.0 Å². The fraction of sp³-hybridized carbons (Fsp3) is 0.529. The Labute approximate surface area is 115 Å². The largest absolute Gasteiger partial charge is 0.361 e. The van der Waals surface area contributed by atoms with Gasteiger partial charge >= 0.3 is 0 Å². The highest BCUT2D eigenvalue weighted by Crippen LogP contribution is 2.25. The van der Waals surface area contributed by atoms with Crippen LogP contribution < -0.4 is 0 Å². The van der Waals surface area contributed by atoms with Crippen LogP contribution in [0.4, 0.5) is 0 Å². The number of aryl methyl sites for hydroxylation is 1. The van der Waals surface area contributed by atoms with Crippen molar-refractivity contribution in [3.63, 3.8) is 0 Å². The highest BCUT2D eigenvalue weighted by molar-refractivity contribution is 5.82. The van der Waals surface area contributed by atoms with Crippen molar-refractivity contribution in [2.24, 2.45) is 5.92 Å². The molecule has 1 saturated heterocycles. The number of aromatic amines is 1. The van der Waals surface area contributed by atoms with Gasteiger partial charge in [-0.05, 0) is 62.9 Å². The minimum Gasteiger partial charge on any atom is -0.361 e. The molecule has 1 aliphatic rings. The van der Waals surface area contributed by atoms with Gasteiger partial charge in [-0.15, -0.1) is 0 Å². The first-order valence-corrected chi connectivity index (χ1v) is 7.64. The Bertz CT molecular complexity index is 521. The average Bonchev–Trinajstić information content (AvgIpc) is 2.89. The van der Waals surface area contributed by atoms with Crippen LogP contribution >= 0.6 is 0 Å². The van der Waals surface area contributed by atoms with Gasteiger partial charge in [0.05, 0.1) is 0 Å². The second kappa shape index (κ2) is 5.79. The number of fused-ring (bicyclic) bond motifs is 1. The molecule has 102 valence electrons. The number of para-hydroxylation sites is 1. The number of likely N-dealkylation sites (tertiary alicyclic amines) is 1. The molecule has 1 N–H and O–H groups in total. The van der Waals surface area contributed by atoms with Gasteiger partial charge in [0.2, 0.25) is 0 Å². The van der Waals surface area contributed by atoms with E-state index in [9.17, 15) is 0 Å². The summed E-state index contributed by atoms with van der Waals surface area (Å²) in [7, 11) is 0. The topological polar surface area (TPSA) is 19.0 Å². The fourth-order valence-electron chi connectivity index (χ4n) is 3.29. The van der Waals surface area contributed by atoms with E-state index in [0.29, 0.717) is 0 Å². The molecular weight excluding hydrogens is 232 g/mol. The third-order valence-electron chi connectivity index (χ3n) is 4.65. The Morgan fingerprint density at radius 1 is 1.21 bits per heavy atom. The molecule has 19 heavy (non-hydrogen) atoms. The van der Waals surface area contributed by atoms with Gasteiger partial charge in [0.15, 0.2) is 0 Å². The van der Waals surface area contributed by atoms with E-state index < -0.39 is 0 Å². The minimum absolute atomic E-state index is 0.927. The number of benzene rings is 1. The predicted molar refractivity (Wildman–Crippen MR) is 81.5 cm³/mol. The van der Waals surface area contributed by atoms with Crippen LogP contribution in [0.1, 0.15) is 31.7 Å². The molecule has 0 aliphatic carbocycles. The van der Waals surface area contributed by atoms with Crippen molar-refractivity contribution in [3.8, 4) is 0 Å². The molecule has 2 nitrogen and oxygen atoms in total. The molecule has 0 atom stereocenters. The maximum absolute atomic E-state index is 3.38.